The Morgan fingerprint density at radius 2 is 2.05 bits per heavy atom. The lowest BCUT2D eigenvalue weighted by atomic mass is 10.1. The van der Waals surface area contributed by atoms with E-state index in [-0.39, 0.29) is 18.3 Å². The highest BCUT2D eigenvalue weighted by Gasteiger charge is 2.26. The van der Waals surface area contributed by atoms with Crippen LogP contribution in [0.25, 0.3) is 0 Å². The van der Waals surface area contributed by atoms with Crippen molar-refractivity contribution in [1.82, 2.24) is 10.2 Å². The number of rotatable bonds is 2. The number of carbonyl (C=O) groups is 1. The van der Waals surface area contributed by atoms with E-state index < -0.39 is 0 Å². The number of benzene rings is 1. The van der Waals surface area contributed by atoms with Crippen LogP contribution in [0.15, 0.2) is 18.2 Å². The Hall–Kier alpha value is -1.46. The van der Waals surface area contributed by atoms with Crippen LogP contribution in [0.3, 0.4) is 0 Å². The van der Waals surface area contributed by atoms with Crippen molar-refractivity contribution < 1.29 is 14.3 Å². The zero-order chi connectivity index (χ0) is 13.2. The molecule has 0 aromatic heterocycles. The fourth-order valence-electron chi connectivity index (χ4n) is 2.54. The number of amides is 1. The van der Waals surface area contributed by atoms with Gasteiger partial charge in [-0.25, -0.2) is 0 Å². The number of hydrogen-bond acceptors (Lipinski definition) is 4. The fourth-order valence-corrected chi connectivity index (χ4v) is 2.54. The molecule has 3 rings (SSSR count). The summed E-state index contributed by atoms with van der Waals surface area (Å²) >= 11 is 0. The molecule has 1 aromatic carbocycles. The van der Waals surface area contributed by atoms with Crippen molar-refractivity contribution in [2.24, 2.45) is 0 Å². The van der Waals surface area contributed by atoms with E-state index in [2.05, 4.69) is 5.32 Å². The SMILES string of the molecule is CNC1CCN(C(=O)c2ccc3c(c2)OCCO3)C1.Cl. The summed E-state index contributed by atoms with van der Waals surface area (Å²) < 4.78 is 11.0. The van der Waals surface area contributed by atoms with E-state index in [0.717, 1.165) is 25.3 Å². The minimum Gasteiger partial charge on any atom is -0.486 e. The van der Waals surface area contributed by atoms with Crippen LogP contribution in [0, 0.1) is 0 Å². The molecule has 5 nitrogen and oxygen atoms in total. The largest absolute Gasteiger partial charge is 0.486 e. The number of ether oxygens (including phenoxy) is 2. The highest BCUT2D eigenvalue weighted by atomic mass is 35.5. The van der Waals surface area contributed by atoms with Crippen molar-refractivity contribution in [2.75, 3.05) is 33.4 Å². The van der Waals surface area contributed by atoms with E-state index in [0.29, 0.717) is 30.6 Å². The minimum atomic E-state index is 0. The zero-order valence-electron chi connectivity index (χ0n) is 11.4. The summed E-state index contributed by atoms with van der Waals surface area (Å²) in [5, 5.41) is 3.21. The van der Waals surface area contributed by atoms with Gasteiger partial charge in [0.1, 0.15) is 13.2 Å². The summed E-state index contributed by atoms with van der Waals surface area (Å²) in [6.07, 6.45) is 1.01. The van der Waals surface area contributed by atoms with Gasteiger partial charge < -0.3 is 19.7 Å². The highest BCUT2D eigenvalue weighted by molar-refractivity contribution is 5.95. The van der Waals surface area contributed by atoms with E-state index in [1.165, 1.54) is 0 Å². The van der Waals surface area contributed by atoms with Crippen LogP contribution in [-0.4, -0.2) is 50.2 Å². The van der Waals surface area contributed by atoms with Gasteiger partial charge in [0, 0.05) is 24.7 Å². The van der Waals surface area contributed by atoms with E-state index >= 15 is 0 Å². The molecule has 1 amide bonds. The molecular formula is C14H19ClN2O3. The van der Waals surface area contributed by atoms with Gasteiger partial charge in [0.2, 0.25) is 0 Å². The van der Waals surface area contributed by atoms with Crippen molar-refractivity contribution in [3.05, 3.63) is 23.8 Å². The first-order valence-corrected chi connectivity index (χ1v) is 6.64. The lowest BCUT2D eigenvalue weighted by molar-refractivity contribution is 0.0788. The molecule has 0 radical (unpaired) electrons. The quantitative estimate of drug-likeness (QED) is 0.894. The second-order valence-electron chi connectivity index (χ2n) is 4.88. The van der Waals surface area contributed by atoms with Gasteiger partial charge in [-0.2, -0.15) is 0 Å². The molecule has 0 aliphatic carbocycles. The monoisotopic (exact) mass is 298 g/mol. The normalized spacial score (nSPS) is 20.4. The summed E-state index contributed by atoms with van der Waals surface area (Å²) in [6.45, 7) is 2.68. The Bertz CT molecular complexity index is 495. The maximum absolute atomic E-state index is 12.4. The van der Waals surface area contributed by atoms with Gasteiger partial charge in [0.25, 0.3) is 5.91 Å². The van der Waals surface area contributed by atoms with Crippen LogP contribution in [0.2, 0.25) is 0 Å². The zero-order valence-corrected chi connectivity index (χ0v) is 12.2. The van der Waals surface area contributed by atoms with Gasteiger partial charge in [-0.05, 0) is 31.7 Å². The number of halogens is 1. The summed E-state index contributed by atoms with van der Waals surface area (Å²) in [4.78, 5) is 14.3. The topological polar surface area (TPSA) is 50.8 Å². The molecule has 0 bridgehead atoms. The third kappa shape index (κ3) is 2.83. The van der Waals surface area contributed by atoms with E-state index in [9.17, 15) is 4.79 Å². The molecule has 1 fully saturated rings. The van der Waals surface area contributed by atoms with Gasteiger partial charge in [-0.3, -0.25) is 4.79 Å². The fraction of sp³-hybridized carbons (Fsp3) is 0.500. The third-order valence-corrected chi connectivity index (χ3v) is 3.67. The third-order valence-electron chi connectivity index (χ3n) is 3.67. The van der Waals surface area contributed by atoms with Crippen LogP contribution in [0.5, 0.6) is 11.5 Å². The molecule has 0 spiro atoms. The average molecular weight is 299 g/mol. The number of fused-ring (bicyclic) bond motifs is 1. The molecule has 2 aliphatic rings. The number of carbonyl (C=O) groups excluding carboxylic acids is 1. The highest BCUT2D eigenvalue weighted by Crippen LogP contribution is 2.31. The minimum absolute atomic E-state index is 0. The molecule has 1 unspecified atom stereocenters. The first kappa shape index (κ1) is 14.9. The van der Waals surface area contributed by atoms with Crippen LogP contribution in [0.1, 0.15) is 16.8 Å². The van der Waals surface area contributed by atoms with Gasteiger partial charge in [0.05, 0.1) is 0 Å². The first-order chi connectivity index (χ1) is 9.28. The Morgan fingerprint density at radius 3 is 2.75 bits per heavy atom. The van der Waals surface area contributed by atoms with E-state index in [1.54, 1.807) is 6.07 Å². The van der Waals surface area contributed by atoms with Gasteiger partial charge in [-0.1, -0.05) is 0 Å². The van der Waals surface area contributed by atoms with Crippen LogP contribution < -0.4 is 14.8 Å². The van der Waals surface area contributed by atoms with Crippen molar-refractivity contribution in [3.63, 3.8) is 0 Å². The molecule has 0 saturated carbocycles. The molecule has 1 N–H and O–H groups in total. The van der Waals surface area contributed by atoms with Crippen LogP contribution >= 0.6 is 12.4 Å². The molecule has 1 aromatic rings. The maximum Gasteiger partial charge on any atom is 0.254 e. The Morgan fingerprint density at radius 1 is 1.30 bits per heavy atom. The Balaban J connectivity index is 0.00000147. The van der Waals surface area contributed by atoms with Crippen LogP contribution in [0.4, 0.5) is 0 Å². The number of nitrogens with one attached hydrogen (secondary N) is 1. The summed E-state index contributed by atoms with van der Waals surface area (Å²) in [7, 11) is 1.93. The van der Waals surface area contributed by atoms with Crippen molar-refractivity contribution in [1.29, 1.82) is 0 Å². The molecule has 2 aliphatic heterocycles. The number of nitrogens with zero attached hydrogens (tertiary/aromatic N) is 1. The summed E-state index contributed by atoms with van der Waals surface area (Å²) in [6, 6.07) is 5.81. The van der Waals surface area contributed by atoms with Crippen molar-refractivity contribution in [2.45, 2.75) is 12.5 Å². The van der Waals surface area contributed by atoms with Crippen molar-refractivity contribution >= 4 is 18.3 Å². The van der Waals surface area contributed by atoms with Crippen LogP contribution in [-0.2, 0) is 0 Å². The molecule has 110 valence electrons. The van der Waals surface area contributed by atoms with E-state index in [4.69, 9.17) is 9.47 Å². The predicted octanol–water partition coefficient (Wildman–Crippen LogP) is 1.31. The maximum atomic E-state index is 12.4. The lowest BCUT2D eigenvalue weighted by Crippen LogP contribution is -2.33. The molecule has 1 saturated heterocycles. The van der Waals surface area contributed by atoms with E-state index in [1.807, 2.05) is 24.1 Å². The molecule has 1 atom stereocenters. The summed E-state index contributed by atoms with van der Waals surface area (Å²) in [5.41, 5.74) is 0.668. The lowest BCUT2D eigenvalue weighted by Gasteiger charge is -2.20. The number of likely N-dealkylation sites (tertiary alicyclic amines) is 1. The first-order valence-electron chi connectivity index (χ1n) is 6.64. The molecule has 20 heavy (non-hydrogen) atoms. The smallest absolute Gasteiger partial charge is 0.254 e. The van der Waals surface area contributed by atoms with Crippen molar-refractivity contribution in [3.8, 4) is 11.5 Å². The second-order valence-corrected chi connectivity index (χ2v) is 4.88. The standard InChI is InChI=1S/C14H18N2O3.ClH/c1-15-11-4-5-16(9-11)14(17)10-2-3-12-13(8-10)19-7-6-18-12;/h2-3,8,11,15H,4-7,9H2,1H3;1H. The number of hydrogen-bond donors (Lipinski definition) is 1. The average Bonchev–Trinajstić information content (AvgIpc) is 2.95. The number of likely N-dealkylation sites (N-methyl/N-ethyl adjacent to an activating group) is 1. The van der Waals surface area contributed by atoms with Gasteiger partial charge in [-0.15, -0.1) is 12.4 Å². The second kappa shape index (κ2) is 6.33. The molecular weight excluding hydrogens is 280 g/mol. The molecule has 2 heterocycles. The molecule has 6 heteroatoms. The van der Waals surface area contributed by atoms with Gasteiger partial charge in [0.15, 0.2) is 11.5 Å². The Kier molecular flexibility index (Phi) is 4.73. The Labute approximate surface area is 124 Å². The van der Waals surface area contributed by atoms with Gasteiger partial charge >= 0.3 is 0 Å². The summed E-state index contributed by atoms with van der Waals surface area (Å²) in [5.74, 6) is 1.45. The predicted molar refractivity (Wildman–Crippen MR) is 78.0 cm³/mol.